The average Bonchev–Trinajstić information content (AvgIpc) is 2.62. The normalized spacial score (nSPS) is 33.4. The van der Waals surface area contributed by atoms with Gasteiger partial charge in [0.2, 0.25) is 0 Å². The zero-order valence-electron chi connectivity index (χ0n) is 9.12. The Labute approximate surface area is 85.7 Å². The molecule has 0 saturated carbocycles. The molecule has 0 aromatic carbocycles. The van der Waals surface area contributed by atoms with Crippen molar-refractivity contribution in [3.8, 4) is 0 Å². The van der Waals surface area contributed by atoms with Crippen LogP contribution in [-0.4, -0.2) is 31.7 Å². The highest BCUT2D eigenvalue weighted by Crippen LogP contribution is 2.35. The van der Waals surface area contributed by atoms with E-state index in [0.29, 0.717) is 5.92 Å². The van der Waals surface area contributed by atoms with E-state index < -0.39 is 0 Å². The van der Waals surface area contributed by atoms with E-state index in [2.05, 4.69) is 13.8 Å². The van der Waals surface area contributed by atoms with Crippen LogP contribution in [0.1, 0.15) is 33.1 Å². The van der Waals surface area contributed by atoms with Crippen molar-refractivity contribution < 1.29 is 14.2 Å². The smallest absolute Gasteiger partial charge is 0.173 e. The van der Waals surface area contributed by atoms with Crippen molar-refractivity contribution in [3.63, 3.8) is 0 Å². The first-order valence-electron chi connectivity index (χ1n) is 5.65. The van der Waals surface area contributed by atoms with Gasteiger partial charge in [-0.15, -0.1) is 0 Å². The van der Waals surface area contributed by atoms with Crippen molar-refractivity contribution in [2.45, 2.75) is 45.0 Å². The maximum Gasteiger partial charge on any atom is 0.173 e. The zero-order valence-corrected chi connectivity index (χ0v) is 9.12. The van der Waals surface area contributed by atoms with Crippen molar-refractivity contribution in [1.29, 1.82) is 0 Å². The highest BCUT2D eigenvalue weighted by Gasteiger charge is 2.43. The summed E-state index contributed by atoms with van der Waals surface area (Å²) in [6, 6.07) is 0. The Kier molecular flexibility index (Phi) is 3.10. The second kappa shape index (κ2) is 4.17. The van der Waals surface area contributed by atoms with E-state index in [4.69, 9.17) is 14.2 Å². The zero-order chi connectivity index (χ0) is 10.0. The third kappa shape index (κ3) is 1.95. The monoisotopic (exact) mass is 200 g/mol. The van der Waals surface area contributed by atoms with Gasteiger partial charge in [0.1, 0.15) is 0 Å². The standard InChI is InChI=1S/C11H20O3/c1-3-9(2)10-8-13-11(14-10)4-6-12-7-5-11/h9-10H,3-8H2,1-2H3/t9-,10?/m0/s1. The summed E-state index contributed by atoms with van der Waals surface area (Å²) in [5.41, 5.74) is 0. The Hall–Kier alpha value is -0.120. The van der Waals surface area contributed by atoms with Crippen LogP contribution in [0.5, 0.6) is 0 Å². The third-order valence-electron chi connectivity index (χ3n) is 3.41. The first-order chi connectivity index (χ1) is 6.76. The number of ether oxygens (including phenoxy) is 3. The van der Waals surface area contributed by atoms with Gasteiger partial charge in [0.05, 0.1) is 25.9 Å². The Balaban J connectivity index is 1.92. The van der Waals surface area contributed by atoms with Gasteiger partial charge in [0, 0.05) is 12.8 Å². The van der Waals surface area contributed by atoms with E-state index in [1.807, 2.05) is 0 Å². The molecule has 0 aromatic heterocycles. The van der Waals surface area contributed by atoms with Gasteiger partial charge in [0.25, 0.3) is 0 Å². The van der Waals surface area contributed by atoms with E-state index in [1.54, 1.807) is 0 Å². The quantitative estimate of drug-likeness (QED) is 0.682. The lowest BCUT2D eigenvalue weighted by molar-refractivity contribution is -0.214. The summed E-state index contributed by atoms with van der Waals surface area (Å²) in [6.45, 7) is 6.73. The van der Waals surface area contributed by atoms with Crippen LogP contribution in [0.3, 0.4) is 0 Å². The van der Waals surface area contributed by atoms with Crippen molar-refractivity contribution in [2.75, 3.05) is 19.8 Å². The maximum atomic E-state index is 6.04. The largest absolute Gasteiger partial charge is 0.381 e. The Morgan fingerprint density at radius 3 is 2.71 bits per heavy atom. The minimum atomic E-state index is -0.299. The fourth-order valence-electron chi connectivity index (χ4n) is 2.07. The molecule has 14 heavy (non-hydrogen) atoms. The van der Waals surface area contributed by atoms with E-state index in [0.717, 1.165) is 39.1 Å². The summed E-state index contributed by atoms with van der Waals surface area (Å²) in [5.74, 6) is 0.295. The van der Waals surface area contributed by atoms with E-state index in [-0.39, 0.29) is 11.9 Å². The Bertz CT molecular complexity index is 187. The van der Waals surface area contributed by atoms with Crippen LogP contribution in [0.2, 0.25) is 0 Å². The fraction of sp³-hybridized carbons (Fsp3) is 1.00. The summed E-state index contributed by atoms with van der Waals surface area (Å²) in [5, 5.41) is 0. The highest BCUT2D eigenvalue weighted by atomic mass is 16.7. The molecule has 0 amide bonds. The molecule has 0 aliphatic carbocycles. The Morgan fingerprint density at radius 1 is 1.36 bits per heavy atom. The topological polar surface area (TPSA) is 27.7 Å². The van der Waals surface area contributed by atoms with Crippen LogP contribution >= 0.6 is 0 Å². The molecule has 2 saturated heterocycles. The molecular formula is C11H20O3. The molecule has 2 atom stereocenters. The lowest BCUT2D eigenvalue weighted by Crippen LogP contribution is -2.38. The number of hydrogen-bond donors (Lipinski definition) is 0. The summed E-state index contributed by atoms with van der Waals surface area (Å²) < 4.78 is 17.2. The van der Waals surface area contributed by atoms with Crippen molar-refractivity contribution in [2.24, 2.45) is 5.92 Å². The second-order valence-corrected chi connectivity index (χ2v) is 4.38. The van der Waals surface area contributed by atoms with Crippen molar-refractivity contribution in [3.05, 3.63) is 0 Å². The molecule has 2 rings (SSSR count). The van der Waals surface area contributed by atoms with Crippen LogP contribution in [0.15, 0.2) is 0 Å². The first kappa shape index (κ1) is 10.4. The van der Waals surface area contributed by atoms with Crippen molar-refractivity contribution in [1.82, 2.24) is 0 Å². The van der Waals surface area contributed by atoms with E-state index in [1.165, 1.54) is 0 Å². The molecule has 0 aromatic rings. The molecule has 2 fully saturated rings. The second-order valence-electron chi connectivity index (χ2n) is 4.38. The SMILES string of the molecule is CC[C@H](C)C1COC2(CCOCC2)O1. The lowest BCUT2D eigenvalue weighted by atomic mass is 10.0. The minimum absolute atomic E-state index is 0.290. The van der Waals surface area contributed by atoms with E-state index >= 15 is 0 Å². The van der Waals surface area contributed by atoms with Crippen LogP contribution < -0.4 is 0 Å². The molecule has 3 nitrogen and oxygen atoms in total. The van der Waals surface area contributed by atoms with Gasteiger partial charge in [-0.2, -0.15) is 0 Å². The maximum absolute atomic E-state index is 6.04. The molecule has 3 heteroatoms. The highest BCUT2D eigenvalue weighted by molar-refractivity contribution is 4.83. The molecule has 0 radical (unpaired) electrons. The van der Waals surface area contributed by atoms with Gasteiger partial charge < -0.3 is 14.2 Å². The predicted molar refractivity (Wildman–Crippen MR) is 53.1 cm³/mol. The molecule has 2 aliphatic heterocycles. The van der Waals surface area contributed by atoms with Crippen LogP contribution in [0, 0.1) is 5.92 Å². The fourth-order valence-corrected chi connectivity index (χ4v) is 2.07. The van der Waals surface area contributed by atoms with Crippen LogP contribution in [-0.2, 0) is 14.2 Å². The van der Waals surface area contributed by atoms with Gasteiger partial charge in [-0.3, -0.25) is 0 Å². The molecule has 2 heterocycles. The van der Waals surface area contributed by atoms with Gasteiger partial charge in [-0.25, -0.2) is 0 Å². The Morgan fingerprint density at radius 2 is 2.07 bits per heavy atom. The number of hydrogen-bond acceptors (Lipinski definition) is 3. The summed E-state index contributed by atoms with van der Waals surface area (Å²) in [7, 11) is 0. The van der Waals surface area contributed by atoms with Crippen molar-refractivity contribution >= 4 is 0 Å². The molecule has 0 bridgehead atoms. The molecular weight excluding hydrogens is 180 g/mol. The van der Waals surface area contributed by atoms with Gasteiger partial charge in [-0.1, -0.05) is 20.3 Å². The van der Waals surface area contributed by atoms with Gasteiger partial charge >= 0.3 is 0 Å². The first-order valence-corrected chi connectivity index (χ1v) is 5.65. The summed E-state index contributed by atoms with van der Waals surface area (Å²) >= 11 is 0. The average molecular weight is 200 g/mol. The van der Waals surface area contributed by atoms with Crippen LogP contribution in [0.25, 0.3) is 0 Å². The molecule has 1 unspecified atom stereocenters. The third-order valence-corrected chi connectivity index (χ3v) is 3.41. The number of rotatable bonds is 2. The molecule has 2 aliphatic rings. The lowest BCUT2D eigenvalue weighted by Gasteiger charge is -2.32. The predicted octanol–water partition coefficient (Wildman–Crippen LogP) is 1.95. The summed E-state index contributed by atoms with van der Waals surface area (Å²) in [6.07, 6.45) is 3.22. The van der Waals surface area contributed by atoms with Gasteiger partial charge in [0.15, 0.2) is 5.79 Å². The minimum Gasteiger partial charge on any atom is -0.381 e. The molecule has 82 valence electrons. The molecule has 0 N–H and O–H groups in total. The van der Waals surface area contributed by atoms with Gasteiger partial charge in [-0.05, 0) is 5.92 Å². The van der Waals surface area contributed by atoms with Crippen LogP contribution in [0.4, 0.5) is 0 Å². The summed E-state index contributed by atoms with van der Waals surface area (Å²) in [4.78, 5) is 0. The van der Waals surface area contributed by atoms with E-state index in [9.17, 15) is 0 Å². The molecule has 1 spiro atoms.